The van der Waals surface area contributed by atoms with E-state index >= 15 is 0 Å². The van der Waals surface area contributed by atoms with Gasteiger partial charge in [-0.2, -0.15) is 0 Å². The maximum absolute atomic E-state index is 13.7. The summed E-state index contributed by atoms with van der Waals surface area (Å²) in [7, 11) is 0. The molecule has 6 heteroatoms. The molecule has 1 N–H and O–H groups in total. The van der Waals surface area contributed by atoms with Gasteiger partial charge in [0.1, 0.15) is 6.04 Å². The Hall–Kier alpha value is -2.37. The highest BCUT2D eigenvalue weighted by Gasteiger charge is 2.57. The van der Waals surface area contributed by atoms with Gasteiger partial charge >= 0.3 is 5.97 Å². The first-order valence-corrected chi connectivity index (χ1v) is 12.2. The Labute approximate surface area is 190 Å². The molecule has 1 aromatic rings. The molecule has 4 saturated carbocycles. The van der Waals surface area contributed by atoms with E-state index in [0.717, 1.165) is 31.2 Å². The molecule has 4 bridgehead atoms. The van der Waals surface area contributed by atoms with E-state index in [9.17, 15) is 14.4 Å². The quantitative estimate of drug-likeness (QED) is 0.703. The summed E-state index contributed by atoms with van der Waals surface area (Å²) in [4.78, 5) is 41.1. The average molecular weight is 439 g/mol. The minimum Gasteiger partial charge on any atom is -0.451 e. The van der Waals surface area contributed by atoms with Crippen molar-refractivity contribution < 1.29 is 19.1 Å². The van der Waals surface area contributed by atoms with Gasteiger partial charge in [-0.15, -0.1) is 0 Å². The van der Waals surface area contributed by atoms with Crippen LogP contribution in [0.2, 0.25) is 0 Å². The molecule has 5 fully saturated rings. The number of aryl methyl sites for hydroxylation is 1. The molecule has 1 aliphatic heterocycles. The van der Waals surface area contributed by atoms with E-state index in [-0.39, 0.29) is 17.2 Å². The van der Waals surface area contributed by atoms with Gasteiger partial charge in [0, 0.05) is 12.2 Å². The maximum atomic E-state index is 13.7. The third-order valence-corrected chi connectivity index (χ3v) is 8.23. The molecular formula is C26H34N2O4. The van der Waals surface area contributed by atoms with E-state index < -0.39 is 18.1 Å². The van der Waals surface area contributed by atoms with Gasteiger partial charge in [0.15, 0.2) is 6.10 Å². The van der Waals surface area contributed by atoms with Gasteiger partial charge < -0.3 is 15.0 Å². The van der Waals surface area contributed by atoms with E-state index in [4.69, 9.17) is 4.74 Å². The fraction of sp³-hybridized carbons (Fsp3) is 0.654. The molecule has 1 heterocycles. The Bertz CT molecular complexity index is 891. The Balaban J connectivity index is 1.23. The van der Waals surface area contributed by atoms with E-state index in [0.29, 0.717) is 36.4 Å². The second-order valence-electron chi connectivity index (χ2n) is 10.8. The number of likely N-dealkylation sites (tertiary alicyclic amines) is 1. The van der Waals surface area contributed by atoms with Gasteiger partial charge in [-0.25, -0.2) is 4.79 Å². The van der Waals surface area contributed by atoms with Crippen molar-refractivity contribution in [1.29, 1.82) is 0 Å². The fourth-order valence-electron chi connectivity index (χ4n) is 7.21. The molecule has 5 aliphatic rings. The molecular weight excluding hydrogens is 404 g/mol. The molecule has 4 aliphatic carbocycles. The van der Waals surface area contributed by atoms with Crippen LogP contribution in [0.1, 0.15) is 63.9 Å². The van der Waals surface area contributed by atoms with Crippen molar-refractivity contribution >= 4 is 23.5 Å². The number of esters is 1. The standard InChI is InChI=1S/C26H34N2O4/c1-16-5-3-6-21(9-16)27-23(29)17(2)32-24(30)22-7-4-8-28(22)25(31)26-13-18-10-19(14-26)12-20(11-18)15-26/h3,5-6,9,17-20,22H,4,7-8,10-15H2,1-2H3,(H,27,29)/t17-,18?,19?,20?,22+,26?/m0/s1. The lowest BCUT2D eigenvalue weighted by Crippen LogP contribution is -2.56. The molecule has 2 atom stereocenters. The van der Waals surface area contributed by atoms with E-state index in [1.54, 1.807) is 11.8 Å². The van der Waals surface area contributed by atoms with Crippen LogP contribution in [0.25, 0.3) is 0 Å². The second-order valence-corrected chi connectivity index (χ2v) is 10.8. The van der Waals surface area contributed by atoms with Gasteiger partial charge in [-0.1, -0.05) is 12.1 Å². The van der Waals surface area contributed by atoms with Crippen LogP contribution >= 0.6 is 0 Å². The normalized spacial score (nSPS) is 33.8. The van der Waals surface area contributed by atoms with Crippen LogP contribution in [-0.4, -0.2) is 41.4 Å². The first kappa shape index (κ1) is 21.5. The van der Waals surface area contributed by atoms with Gasteiger partial charge in [0.05, 0.1) is 5.41 Å². The summed E-state index contributed by atoms with van der Waals surface area (Å²) in [6, 6.07) is 6.94. The lowest BCUT2D eigenvalue weighted by molar-refractivity contribution is -0.168. The van der Waals surface area contributed by atoms with E-state index in [1.807, 2.05) is 31.2 Å². The summed E-state index contributed by atoms with van der Waals surface area (Å²) in [5, 5.41) is 2.80. The van der Waals surface area contributed by atoms with Crippen molar-refractivity contribution in [2.24, 2.45) is 23.2 Å². The zero-order valence-corrected chi connectivity index (χ0v) is 19.1. The Kier molecular flexibility index (Phi) is 5.50. The number of anilines is 1. The zero-order chi connectivity index (χ0) is 22.5. The number of nitrogens with zero attached hydrogens (tertiary/aromatic N) is 1. The van der Waals surface area contributed by atoms with Crippen molar-refractivity contribution in [2.45, 2.75) is 77.4 Å². The largest absolute Gasteiger partial charge is 0.451 e. The lowest BCUT2D eigenvalue weighted by Gasteiger charge is -2.56. The molecule has 1 aromatic carbocycles. The van der Waals surface area contributed by atoms with Crippen LogP contribution in [0.3, 0.4) is 0 Å². The minimum atomic E-state index is -0.917. The molecule has 32 heavy (non-hydrogen) atoms. The first-order chi connectivity index (χ1) is 15.3. The number of benzene rings is 1. The van der Waals surface area contributed by atoms with Crippen molar-refractivity contribution in [3.8, 4) is 0 Å². The number of rotatable bonds is 5. The molecule has 1 saturated heterocycles. The van der Waals surface area contributed by atoms with E-state index in [1.165, 1.54) is 19.3 Å². The predicted molar refractivity (Wildman–Crippen MR) is 121 cm³/mol. The lowest BCUT2D eigenvalue weighted by atomic mass is 9.49. The van der Waals surface area contributed by atoms with Crippen LogP contribution in [0.4, 0.5) is 5.69 Å². The van der Waals surface area contributed by atoms with Crippen LogP contribution in [0.15, 0.2) is 24.3 Å². The summed E-state index contributed by atoms with van der Waals surface area (Å²) in [5.74, 6) is 1.41. The predicted octanol–water partition coefficient (Wildman–Crippen LogP) is 4.07. The maximum Gasteiger partial charge on any atom is 0.329 e. The van der Waals surface area contributed by atoms with Gasteiger partial charge in [-0.3, -0.25) is 9.59 Å². The molecule has 0 spiro atoms. The highest BCUT2D eigenvalue weighted by molar-refractivity contribution is 5.96. The molecule has 6 rings (SSSR count). The number of amides is 2. The fourth-order valence-corrected chi connectivity index (χ4v) is 7.21. The van der Waals surface area contributed by atoms with Gasteiger partial charge in [0.2, 0.25) is 5.91 Å². The number of hydrogen-bond donors (Lipinski definition) is 1. The third-order valence-electron chi connectivity index (χ3n) is 8.23. The van der Waals surface area contributed by atoms with Gasteiger partial charge in [-0.05, 0) is 101 Å². The molecule has 0 aromatic heterocycles. The first-order valence-electron chi connectivity index (χ1n) is 12.2. The number of carbonyl (C=O) groups excluding carboxylic acids is 3. The van der Waals surface area contributed by atoms with Crippen molar-refractivity contribution in [2.75, 3.05) is 11.9 Å². The van der Waals surface area contributed by atoms with Crippen LogP contribution in [0.5, 0.6) is 0 Å². The number of hydrogen-bond acceptors (Lipinski definition) is 4. The smallest absolute Gasteiger partial charge is 0.329 e. The highest BCUT2D eigenvalue weighted by atomic mass is 16.5. The summed E-state index contributed by atoms with van der Waals surface area (Å²) in [6.07, 6.45) is 7.33. The average Bonchev–Trinajstić information content (AvgIpc) is 3.22. The van der Waals surface area contributed by atoms with Crippen molar-refractivity contribution in [3.63, 3.8) is 0 Å². The minimum absolute atomic E-state index is 0.174. The SMILES string of the molecule is Cc1cccc(NC(=O)[C@H](C)OC(=O)[C@H]2CCCN2C(=O)C23CC4CC(CC(C4)C2)C3)c1. The monoisotopic (exact) mass is 438 g/mol. The van der Waals surface area contributed by atoms with Crippen molar-refractivity contribution in [3.05, 3.63) is 29.8 Å². The topological polar surface area (TPSA) is 75.7 Å². The number of carbonyl (C=O) groups is 3. The molecule has 0 radical (unpaired) electrons. The van der Waals surface area contributed by atoms with Crippen molar-refractivity contribution in [1.82, 2.24) is 4.90 Å². The number of nitrogens with one attached hydrogen (secondary N) is 1. The summed E-state index contributed by atoms with van der Waals surface area (Å²) in [5.41, 5.74) is 1.46. The molecule has 172 valence electrons. The number of ether oxygens (including phenoxy) is 1. The van der Waals surface area contributed by atoms with Gasteiger partial charge in [0.25, 0.3) is 5.91 Å². The Morgan fingerprint density at radius 3 is 2.38 bits per heavy atom. The third kappa shape index (κ3) is 3.93. The Morgan fingerprint density at radius 1 is 1.09 bits per heavy atom. The van der Waals surface area contributed by atoms with Crippen LogP contribution in [0, 0.1) is 30.1 Å². The summed E-state index contributed by atoms with van der Waals surface area (Å²) >= 11 is 0. The Morgan fingerprint density at radius 2 is 1.75 bits per heavy atom. The highest BCUT2D eigenvalue weighted by Crippen LogP contribution is 2.60. The van der Waals surface area contributed by atoms with E-state index in [2.05, 4.69) is 5.32 Å². The van der Waals surface area contributed by atoms with Crippen LogP contribution < -0.4 is 5.32 Å². The summed E-state index contributed by atoms with van der Waals surface area (Å²) < 4.78 is 5.55. The molecule has 2 amide bonds. The molecule has 0 unspecified atom stereocenters. The second kappa shape index (κ2) is 8.20. The van der Waals surface area contributed by atoms with Crippen LogP contribution in [-0.2, 0) is 19.1 Å². The molecule has 6 nitrogen and oxygen atoms in total. The zero-order valence-electron chi connectivity index (χ0n) is 19.1. The summed E-state index contributed by atoms with van der Waals surface area (Å²) in [6.45, 7) is 4.15.